The Labute approximate surface area is 138 Å². The molecule has 1 aromatic rings. The summed E-state index contributed by atoms with van der Waals surface area (Å²) >= 11 is 0. The van der Waals surface area contributed by atoms with Crippen LogP contribution >= 0.6 is 0 Å². The van der Waals surface area contributed by atoms with Gasteiger partial charge in [0.25, 0.3) is 0 Å². The van der Waals surface area contributed by atoms with Crippen LogP contribution in [0.4, 0.5) is 0 Å². The number of hydrogen-bond acceptors (Lipinski definition) is 4. The maximum Gasteiger partial charge on any atom is 0.217 e. The molecule has 0 spiro atoms. The molecule has 2 fully saturated rings. The van der Waals surface area contributed by atoms with Crippen molar-refractivity contribution in [2.24, 2.45) is 5.92 Å². The highest BCUT2D eigenvalue weighted by Gasteiger charge is 2.44. The van der Waals surface area contributed by atoms with E-state index in [9.17, 15) is 13.5 Å². The molecule has 4 atom stereocenters. The summed E-state index contributed by atoms with van der Waals surface area (Å²) in [6, 6.07) is 8.97. The van der Waals surface area contributed by atoms with E-state index < -0.39 is 21.4 Å². The lowest BCUT2D eigenvalue weighted by atomic mass is 10.0. The highest BCUT2D eigenvalue weighted by Crippen LogP contribution is 2.35. The quantitative estimate of drug-likeness (QED) is 0.910. The molecular formula is C17H25NO4S. The highest BCUT2D eigenvalue weighted by molar-refractivity contribution is 7.89. The van der Waals surface area contributed by atoms with Gasteiger partial charge in [0.1, 0.15) is 0 Å². The second-order valence-electron chi connectivity index (χ2n) is 6.60. The molecule has 2 aliphatic rings. The van der Waals surface area contributed by atoms with Crippen LogP contribution in [0.3, 0.4) is 0 Å². The fourth-order valence-corrected chi connectivity index (χ4v) is 6.14. The van der Waals surface area contributed by atoms with Crippen LogP contribution in [0.25, 0.3) is 0 Å². The molecule has 0 bridgehead atoms. The van der Waals surface area contributed by atoms with Crippen LogP contribution in [0.2, 0.25) is 0 Å². The van der Waals surface area contributed by atoms with Crippen molar-refractivity contribution >= 4 is 10.0 Å². The molecule has 23 heavy (non-hydrogen) atoms. The Morgan fingerprint density at radius 3 is 2.70 bits per heavy atom. The normalized spacial score (nSPS) is 31.1. The minimum atomic E-state index is -3.42. The third-order valence-electron chi connectivity index (χ3n) is 5.03. The summed E-state index contributed by atoms with van der Waals surface area (Å²) in [5.41, 5.74) is 0.777. The Morgan fingerprint density at radius 1 is 1.26 bits per heavy atom. The maximum absolute atomic E-state index is 13.1. The Hall–Kier alpha value is -0.950. The van der Waals surface area contributed by atoms with Crippen LogP contribution in [0, 0.1) is 5.92 Å². The maximum atomic E-state index is 13.1. The van der Waals surface area contributed by atoms with Crippen molar-refractivity contribution in [1.82, 2.24) is 4.31 Å². The molecule has 1 aromatic carbocycles. The monoisotopic (exact) mass is 339 g/mol. The number of nitrogens with zero attached hydrogens (tertiary/aromatic N) is 1. The number of aliphatic hydroxyl groups excluding tert-OH is 1. The lowest BCUT2D eigenvalue weighted by Gasteiger charge is -2.35. The predicted octanol–water partition coefficient (Wildman–Crippen LogP) is 1.94. The molecule has 2 aliphatic heterocycles. The van der Waals surface area contributed by atoms with Crippen molar-refractivity contribution in [2.45, 2.75) is 43.6 Å². The average Bonchev–Trinajstić information content (AvgIpc) is 3.05. The van der Waals surface area contributed by atoms with Crippen LogP contribution in [-0.2, 0) is 14.8 Å². The lowest BCUT2D eigenvalue weighted by molar-refractivity contribution is 0.0605. The average molecular weight is 339 g/mol. The van der Waals surface area contributed by atoms with Gasteiger partial charge in [-0.05, 0) is 30.7 Å². The van der Waals surface area contributed by atoms with E-state index in [0.717, 1.165) is 12.0 Å². The van der Waals surface area contributed by atoms with Crippen LogP contribution < -0.4 is 0 Å². The van der Waals surface area contributed by atoms with Gasteiger partial charge in [0.2, 0.25) is 10.0 Å². The molecule has 6 heteroatoms. The van der Waals surface area contributed by atoms with Gasteiger partial charge in [-0.15, -0.1) is 0 Å². The summed E-state index contributed by atoms with van der Waals surface area (Å²) in [4.78, 5) is 0. The third kappa shape index (κ3) is 3.31. The number of hydrogen-bond donors (Lipinski definition) is 1. The largest absolute Gasteiger partial charge is 0.387 e. The van der Waals surface area contributed by atoms with Gasteiger partial charge in [0.15, 0.2) is 0 Å². The van der Waals surface area contributed by atoms with Gasteiger partial charge in [-0.2, -0.15) is 4.31 Å². The Bertz CT molecular complexity index is 619. The standard InChI is InChI=1S/C17H25NO4S/c1-13-12-22-11-9-16(13)23(20,21)18-10-5-8-15(18)17(19)14-6-3-2-4-7-14/h2-4,6-7,13,15-17,19H,5,8-12H2,1H3. The molecule has 3 rings (SSSR count). The number of sulfonamides is 1. The SMILES string of the molecule is CC1COCCC1S(=O)(=O)N1CCCC1C(O)c1ccccc1. The van der Waals surface area contributed by atoms with Crippen molar-refractivity contribution < 1.29 is 18.3 Å². The van der Waals surface area contributed by atoms with E-state index in [-0.39, 0.29) is 12.0 Å². The van der Waals surface area contributed by atoms with Crippen LogP contribution in [0.5, 0.6) is 0 Å². The molecule has 0 saturated carbocycles. The first-order chi connectivity index (χ1) is 11.0. The number of benzene rings is 1. The van der Waals surface area contributed by atoms with Gasteiger partial charge in [0.05, 0.1) is 24.0 Å². The number of ether oxygens (including phenoxy) is 1. The summed E-state index contributed by atoms with van der Waals surface area (Å²) in [7, 11) is -3.42. The van der Waals surface area contributed by atoms with Gasteiger partial charge < -0.3 is 9.84 Å². The van der Waals surface area contributed by atoms with E-state index in [2.05, 4.69) is 0 Å². The molecule has 0 aromatic heterocycles. The van der Waals surface area contributed by atoms with Gasteiger partial charge in [-0.25, -0.2) is 8.42 Å². The minimum Gasteiger partial charge on any atom is -0.387 e. The zero-order valence-corrected chi connectivity index (χ0v) is 14.3. The van der Waals surface area contributed by atoms with Crippen molar-refractivity contribution in [1.29, 1.82) is 0 Å². The lowest BCUT2D eigenvalue weighted by Crippen LogP contribution is -2.48. The van der Waals surface area contributed by atoms with Crippen molar-refractivity contribution in [3.05, 3.63) is 35.9 Å². The first-order valence-electron chi connectivity index (χ1n) is 8.33. The fourth-order valence-electron chi connectivity index (χ4n) is 3.75. The topological polar surface area (TPSA) is 66.8 Å². The van der Waals surface area contributed by atoms with Crippen molar-refractivity contribution in [3.8, 4) is 0 Å². The Kier molecular flexibility index (Phi) is 5.06. The van der Waals surface area contributed by atoms with Crippen LogP contribution in [-0.4, -0.2) is 48.9 Å². The molecular weight excluding hydrogens is 314 g/mol. The summed E-state index contributed by atoms with van der Waals surface area (Å²) in [5.74, 6) is -0.0103. The molecule has 128 valence electrons. The molecule has 5 nitrogen and oxygen atoms in total. The van der Waals surface area contributed by atoms with E-state index in [4.69, 9.17) is 4.74 Å². The second kappa shape index (κ2) is 6.89. The number of rotatable bonds is 4. The predicted molar refractivity (Wildman–Crippen MR) is 88.4 cm³/mol. The molecule has 4 unspecified atom stereocenters. The van der Waals surface area contributed by atoms with E-state index in [1.807, 2.05) is 37.3 Å². The Balaban J connectivity index is 1.83. The first kappa shape index (κ1) is 16.9. The van der Waals surface area contributed by atoms with E-state index >= 15 is 0 Å². The summed E-state index contributed by atoms with van der Waals surface area (Å²) in [6.45, 7) is 3.42. The summed E-state index contributed by atoms with van der Waals surface area (Å²) < 4.78 is 33.1. The summed E-state index contributed by atoms with van der Waals surface area (Å²) in [6.07, 6.45) is 1.26. The fraction of sp³-hybridized carbons (Fsp3) is 0.647. The van der Waals surface area contributed by atoms with E-state index in [0.29, 0.717) is 32.6 Å². The summed E-state index contributed by atoms with van der Waals surface area (Å²) in [5, 5.41) is 10.3. The van der Waals surface area contributed by atoms with Gasteiger partial charge >= 0.3 is 0 Å². The zero-order valence-electron chi connectivity index (χ0n) is 13.5. The highest BCUT2D eigenvalue weighted by atomic mass is 32.2. The van der Waals surface area contributed by atoms with Crippen molar-refractivity contribution in [3.63, 3.8) is 0 Å². The smallest absolute Gasteiger partial charge is 0.217 e. The molecule has 0 amide bonds. The van der Waals surface area contributed by atoms with Crippen molar-refractivity contribution in [2.75, 3.05) is 19.8 Å². The molecule has 2 saturated heterocycles. The molecule has 0 aliphatic carbocycles. The molecule has 2 heterocycles. The molecule has 1 N–H and O–H groups in total. The molecule has 0 radical (unpaired) electrons. The van der Waals surface area contributed by atoms with Gasteiger partial charge in [0, 0.05) is 13.2 Å². The number of aliphatic hydroxyl groups is 1. The van der Waals surface area contributed by atoms with Gasteiger partial charge in [-0.3, -0.25) is 0 Å². The zero-order chi connectivity index (χ0) is 16.4. The van der Waals surface area contributed by atoms with E-state index in [1.54, 1.807) is 4.31 Å². The van der Waals surface area contributed by atoms with Crippen LogP contribution in [0.15, 0.2) is 30.3 Å². The van der Waals surface area contributed by atoms with Gasteiger partial charge in [-0.1, -0.05) is 37.3 Å². The third-order valence-corrected chi connectivity index (χ3v) is 7.60. The van der Waals surface area contributed by atoms with E-state index in [1.165, 1.54) is 0 Å². The second-order valence-corrected chi connectivity index (χ2v) is 8.70. The first-order valence-corrected chi connectivity index (χ1v) is 9.83. The minimum absolute atomic E-state index is 0.0103. The van der Waals surface area contributed by atoms with Crippen LogP contribution in [0.1, 0.15) is 37.9 Å². The Morgan fingerprint density at radius 2 is 2.00 bits per heavy atom.